The average molecular weight is 156 g/mol. The van der Waals surface area contributed by atoms with Gasteiger partial charge >= 0.3 is 6.03 Å². The molecule has 0 aromatic rings. The number of amides is 2. The van der Waals surface area contributed by atoms with Crippen LogP contribution in [0, 0.1) is 5.92 Å². The summed E-state index contributed by atoms with van der Waals surface area (Å²) in [6, 6.07) is 0.148. The van der Waals surface area contributed by atoms with Gasteiger partial charge in [-0.25, -0.2) is 4.79 Å². The van der Waals surface area contributed by atoms with Crippen molar-refractivity contribution in [2.75, 3.05) is 27.2 Å². The highest BCUT2D eigenvalue weighted by Crippen LogP contribution is 2.13. The molecule has 1 rings (SSSR count). The Hall–Kier alpha value is -0.730. The lowest BCUT2D eigenvalue weighted by Crippen LogP contribution is -2.49. The van der Waals surface area contributed by atoms with Crippen molar-refractivity contribution < 1.29 is 4.79 Å². The van der Waals surface area contributed by atoms with Gasteiger partial charge in [-0.3, -0.25) is 0 Å². The molecule has 3 heteroatoms. The van der Waals surface area contributed by atoms with Crippen LogP contribution in [-0.2, 0) is 0 Å². The third-order valence-electron chi connectivity index (χ3n) is 2.29. The highest BCUT2D eigenvalue weighted by molar-refractivity contribution is 5.74. The van der Waals surface area contributed by atoms with Crippen LogP contribution in [0.15, 0.2) is 0 Å². The Balaban J connectivity index is 2.54. The molecule has 1 saturated heterocycles. The number of hydrogen-bond acceptors (Lipinski definition) is 1. The zero-order valence-corrected chi connectivity index (χ0v) is 7.50. The third-order valence-corrected chi connectivity index (χ3v) is 2.29. The second-order valence-corrected chi connectivity index (χ2v) is 3.32. The maximum atomic E-state index is 11.2. The van der Waals surface area contributed by atoms with E-state index in [-0.39, 0.29) is 6.03 Å². The van der Waals surface area contributed by atoms with Gasteiger partial charge in [0, 0.05) is 27.2 Å². The fourth-order valence-electron chi connectivity index (χ4n) is 1.54. The smallest absolute Gasteiger partial charge is 0.319 e. The first-order chi connectivity index (χ1) is 5.15. The predicted octanol–water partition coefficient (Wildman–Crippen LogP) is 1.01. The number of carbonyl (C=O) groups excluding carboxylic acids is 1. The van der Waals surface area contributed by atoms with Crippen molar-refractivity contribution in [2.45, 2.75) is 13.3 Å². The zero-order valence-electron chi connectivity index (χ0n) is 7.50. The molecule has 0 aromatic heterocycles. The molecule has 0 N–H and O–H groups in total. The number of carbonyl (C=O) groups is 1. The summed E-state index contributed by atoms with van der Waals surface area (Å²) in [6.07, 6.45) is 1.15. The average Bonchev–Trinajstić information content (AvgIpc) is 1.99. The monoisotopic (exact) mass is 156 g/mol. The summed E-state index contributed by atoms with van der Waals surface area (Å²) in [4.78, 5) is 14.8. The van der Waals surface area contributed by atoms with Crippen LogP contribution in [0.4, 0.5) is 4.79 Å². The summed E-state index contributed by atoms with van der Waals surface area (Å²) >= 11 is 0. The van der Waals surface area contributed by atoms with Crippen molar-refractivity contribution in [3.8, 4) is 0 Å². The van der Waals surface area contributed by atoms with E-state index >= 15 is 0 Å². The fourth-order valence-corrected chi connectivity index (χ4v) is 1.54. The lowest BCUT2D eigenvalue weighted by Gasteiger charge is -2.35. The second kappa shape index (κ2) is 3.11. The molecule has 0 aliphatic carbocycles. The number of rotatable bonds is 1. The Kier molecular flexibility index (Phi) is 2.37. The number of hydrogen-bond donors (Lipinski definition) is 0. The lowest BCUT2D eigenvalue weighted by molar-refractivity contribution is 0.127. The standard InChI is InChI=1S/C8H16N2O/c1-4-7-5-9(2)8(11)10(3)6-7/h7H,4-6H2,1-3H3. The summed E-state index contributed by atoms with van der Waals surface area (Å²) in [6.45, 7) is 4.00. The molecular formula is C8H16N2O. The van der Waals surface area contributed by atoms with Crippen molar-refractivity contribution in [3.05, 3.63) is 0 Å². The van der Waals surface area contributed by atoms with E-state index in [1.807, 2.05) is 14.1 Å². The van der Waals surface area contributed by atoms with E-state index in [4.69, 9.17) is 0 Å². The molecule has 3 nitrogen and oxygen atoms in total. The number of nitrogens with zero attached hydrogens (tertiary/aromatic N) is 2. The van der Waals surface area contributed by atoms with Gasteiger partial charge in [0.1, 0.15) is 0 Å². The van der Waals surface area contributed by atoms with E-state index < -0.39 is 0 Å². The summed E-state index contributed by atoms with van der Waals surface area (Å²) < 4.78 is 0. The normalized spacial score (nSPS) is 21.2. The molecule has 1 fully saturated rings. The van der Waals surface area contributed by atoms with Gasteiger partial charge in [-0.2, -0.15) is 0 Å². The lowest BCUT2D eigenvalue weighted by atomic mass is 10.0. The molecule has 1 aliphatic heterocycles. The van der Waals surface area contributed by atoms with Crippen molar-refractivity contribution in [2.24, 2.45) is 5.92 Å². The summed E-state index contributed by atoms with van der Waals surface area (Å²) in [5.41, 5.74) is 0. The molecule has 0 radical (unpaired) electrons. The molecule has 0 spiro atoms. The largest absolute Gasteiger partial charge is 0.327 e. The molecule has 0 unspecified atom stereocenters. The summed E-state index contributed by atoms with van der Waals surface area (Å²) in [5.74, 6) is 0.655. The van der Waals surface area contributed by atoms with E-state index in [2.05, 4.69) is 6.92 Å². The molecule has 0 saturated carbocycles. The number of urea groups is 1. The first kappa shape index (κ1) is 8.37. The molecule has 0 bridgehead atoms. The molecular weight excluding hydrogens is 140 g/mol. The molecule has 64 valence electrons. The first-order valence-corrected chi connectivity index (χ1v) is 4.11. The van der Waals surface area contributed by atoms with Crippen LogP contribution in [0.3, 0.4) is 0 Å². The van der Waals surface area contributed by atoms with Crippen LogP contribution in [0.5, 0.6) is 0 Å². The van der Waals surface area contributed by atoms with E-state index in [1.54, 1.807) is 9.80 Å². The van der Waals surface area contributed by atoms with Gasteiger partial charge < -0.3 is 9.80 Å². The maximum absolute atomic E-state index is 11.2. The van der Waals surface area contributed by atoms with E-state index in [0.29, 0.717) is 5.92 Å². The summed E-state index contributed by atoms with van der Waals surface area (Å²) in [5, 5.41) is 0. The van der Waals surface area contributed by atoms with Crippen LogP contribution >= 0.6 is 0 Å². The van der Waals surface area contributed by atoms with E-state index in [9.17, 15) is 4.79 Å². The highest BCUT2D eigenvalue weighted by atomic mass is 16.2. The molecule has 0 atom stereocenters. The fraction of sp³-hybridized carbons (Fsp3) is 0.875. The van der Waals surface area contributed by atoms with E-state index in [1.165, 1.54) is 0 Å². The van der Waals surface area contributed by atoms with Crippen LogP contribution in [0.2, 0.25) is 0 Å². The predicted molar refractivity (Wildman–Crippen MR) is 44.4 cm³/mol. The van der Waals surface area contributed by atoms with Crippen LogP contribution < -0.4 is 0 Å². The van der Waals surface area contributed by atoms with Crippen LogP contribution in [0.25, 0.3) is 0 Å². The topological polar surface area (TPSA) is 23.6 Å². The minimum Gasteiger partial charge on any atom is -0.327 e. The third kappa shape index (κ3) is 1.64. The van der Waals surface area contributed by atoms with Gasteiger partial charge in [0.05, 0.1) is 0 Å². The van der Waals surface area contributed by atoms with E-state index in [0.717, 1.165) is 19.5 Å². The van der Waals surface area contributed by atoms with Crippen molar-refractivity contribution in [3.63, 3.8) is 0 Å². The van der Waals surface area contributed by atoms with Gasteiger partial charge in [-0.15, -0.1) is 0 Å². The van der Waals surface area contributed by atoms with Gasteiger partial charge in [-0.05, 0) is 12.3 Å². The molecule has 1 aliphatic rings. The first-order valence-electron chi connectivity index (χ1n) is 4.11. The van der Waals surface area contributed by atoms with Gasteiger partial charge in [0.25, 0.3) is 0 Å². The molecule has 11 heavy (non-hydrogen) atoms. The van der Waals surface area contributed by atoms with Crippen LogP contribution in [-0.4, -0.2) is 43.0 Å². The Morgan fingerprint density at radius 2 is 1.82 bits per heavy atom. The molecule has 1 heterocycles. The van der Waals surface area contributed by atoms with Crippen molar-refractivity contribution >= 4 is 6.03 Å². The maximum Gasteiger partial charge on any atom is 0.319 e. The minimum atomic E-state index is 0.148. The Labute approximate surface area is 68.0 Å². The van der Waals surface area contributed by atoms with Crippen molar-refractivity contribution in [1.82, 2.24) is 9.80 Å². The highest BCUT2D eigenvalue weighted by Gasteiger charge is 2.25. The Morgan fingerprint density at radius 3 is 2.18 bits per heavy atom. The quantitative estimate of drug-likeness (QED) is 0.555. The Bertz CT molecular complexity index is 144. The van der Waals surface area contributed by atoms with Crippen molar-refractivity contribution in [1.29, 1.82) is 0 Å². The second-order valence-electron chi connectivity index (χ2n) is 3.32. The zero-order chi connectivity index (χ0) is 8.43. The Morgan fingerprint density at radius 1 is 1.36 bits per heavy atom. The summed E-state index contributed by atoms with van der Waals surface area (Å²) in [7, 11) is 3.72. The minimum absolute atomic E-state index is 0.148. The van der Waals surface area contributed by atoms with Crippen LogP contribution in [0.1, 0.15) is 13.3 Å². The van der Waals surface area contributed by atoms with Gasteiger partial charge in [0.2, 0.25) is 0 Å². The molecule has 0 aromatic carbocycles. The van der Waals surface area contributed by atoms with Gasteiger partial charge in [0.15, 0.2) is 0 Å². The molecule has 2 amide bonds. The SMILES string of the molecule is CCC1CN(C)C(=O)N(C)C1. The van der Waals surface area contributed by atoms with Gasteiger partial charge in [-0.1, -0.05) is 6.92 Å².